The van der Waals surface area contributed by atoms with Gasteiger partial charge >= 0.3 is 0 Å². The van der Waals surface area contributed by atoms with Crippen LogP contribution in [-0.4, -0.2) is 22.0 Å². The molecule has 0 aliphatic heterocycles. The zero-order chi connectivity index (χ0) is 13.8. The fourth-order valence-corrected chi connectivity index (χ4v) is 1.90. The number of nitrogens with one attached hydrogen (secondary N) is 1. The van der Waals surface area contributed by atoms with Crippen LogP contribution in [0.2, 0.25) is 0 Å². The van der Waals surface area contributed by atoms with Crippen molar-refractivity contribution in [1.29, 1.82) is 0 Å². The Morgan fingerprint density at radius 1 is 1.42 bits per heavy atom. The number of aromatic nitrogens is 2. The summed E-state index contributed by atoms with van der Waals surface area (Å²) in [5.74, 6) is 0.114. The number of anilines is 1. The van der Waals surface area contributed by atoms with Crippen molar-refractivity contribution in [2.24, 2.45) is 0 Å². The summed E-state index contributed by atoms with van der Waals surface area (Å²) in [6.07, 6.45) is 0.629. The van der Waals surface area contributed by atoms with Crippen molar-refractivity contribution in [3.8, 4) is 0 Å². The molecule has 2 rings (SSSR count). The molecule has 0 bridgehead atoms. The maximum atomic E-state index is 12.2. The first-order chi connectivity index (χ1) is 9.09. The number of nitrogens with zero attached hydrogens (tertiary/aromatic N) is 2. The van der Waals surface area contributed by atoms with Crippen LogP contribution in [-0.2, 0) is 11.3 Å². The summed E-state index contributed by atoms with van der Waals surface area (Å²) in [6, 6.07) is 7.10. The number of rotatable bonds is 4. The third kappa shape index (κ3) is 2.90. The summed E-state index contributed by atoms with van der Waals surface area (Å²) in [7, 11) is 0. The van der Waals surface area contributed by atoms with Crippen molar-refractivity contribution in [1.82, 2.24) is 14.9 Å². The molecule has 0 spiro atoms. The lowest BCUT2D eigenvalue weighted by Gasteiger charge is -2.10. The summed E-state index contributed by atoms with van der Waals surface area (Å²) in [4.78, 5) is 27.2. The van der Waals surface area contributed by atoms with Crippen molar-refractivity contribution >= 4 is 22.8 Å². The molecule has 2 aromatic rings. The van der Waals surface area contributed by atoms with Gasteiger partial charge in [0.15, 0.2) is 0 Å². The maximum Gasteiger partial charge on any atom is 0.262 e. The lowest BCUT2D eigenvalue weighted by Crippen LogP contribution is -2.27. The van der Waals surface area contributed by atoms with Gasteiger partial charge in [-0.05, 0) is 18.6 Å². The second-order valence-corrected chi connectivity index (χ2v) is 4.28. The van der Waals surface area contributed by atoms with Gasteiger partial charge in [0, 0.05) is 20.0 Å². The summed E-state index contributed by atoms with van der Waals surface area (Å²) in [5, 5.41) is 3.23. The lowest BCUT2D eigenvalue weighted by atomic mass is 10.2. The summed E-state index contributed by atoms with van der Waals surface area (Å²) < 4.78 is 1.43. The van der Waals surface area contributed by atoms with Crippen molar-refractivity contribution in [3.63, 3.8) is 0 Å². The van der Waals surface area contributed by atoms with E-state index in [1.165, 1.54) is 11.5 Å². The normalized spacial score (nSPS) is 10.6. The van der Waals surface area contributed by atoms with Crippen LogP contribution in [0.1, 0.15) is 13.3 Å². The van der Waals surface area contributed by atoms with Gasteiger partial charge in [-0.3, -0.25) is 14.2 Å². The van der Waals surface area contributed by atoms with Gasteiger partial charge in [0.1, 0.15) is 0 Å². The van der Waals surface area contributed by atoms with Gasteiger partial charge in [-0.1, -0.05) is 12.1 Å². The van der Waals surface area contributed by atoms with Crippen LogP contribution in [0.15, 0.2) is 29.1 Å². The minimum absolute atomic E-state index is 0.0862. The number of carbonyl (C=O) groups excluding carboxylic acids is 1. The molecular formula is C13H16N4O2. The summed E-state index contributed by atoms with van der Waals surface area (Å²) >= 11 is 0. The van der Waals surface area contributed by atoms with E-state index in [1.807, 2.05) is 6.07 Å². The molecule has 6 heteroatoms. The van der Waals surface area contributed by atoms with Gasteiger partial charge < -0.3 is 11.1 Å². The second-order valence-electron chi connectivity index (χ2n) is 4.28. The highest BCUT2D eigenvalue weighted by atomic mass is 16.1. The Morgan fingerprint density at radius 3 is 2.89 bits per heavy atom. The minimum atomic E-state index is -0.147. The third-order valence-corrected chi connectivity index (χ3v) is 2.82. The van der Waals surface area contributed by atoms with E-state index in [-0.39, 0.29) is 17.4 Å². The Labute approximate surface area is 110 Å². The van der Waals surface area contributed by atoms with E-state index >= 15 is 0 Å². The summed E-state index contributed by atoms with van der Waals surface area (Å²) in [5.41, 5.74) is 6.25. The molecule has 1 heterocycles. The van der Waals surface area contributed by atoms with Crippen LogP contribution in [0.25, 0.3) is 10.9 Å². The number of amides is 1. The van der Waals surface area contributed by atoms with Gasteiger partial charge in [0.2, 0.25) is 11.9 Å². The molecule has 0 saturated heterocycles. The number of hydrogen-bond donors (Lipinski definition) is 2. The molecule has 0 fully saturated rings. The average molecular weight is 260 g/mol. The SMILES string of the molecule is CC(=O)NCCCn1c(N)nc2ccccc2c1=O. The van der Waals surface area contributed by atoms with Crippen molar-refractivity contribution in [3.05, 3.63) is 34.6 Å². The van der Waals surface area contributed by atoms with Crippen molar-refractivity contribution in [2.75, 3.05) is 12.3 Å². The molecule has 1 amide bonds. The Balaban J connectivity index is 2.23. The van der Waals surface area contributed by atoms with Crippen LogP contribution in [0.5, 0.6) is 0 Å². The van der Waals surface area contributed by atoms with E-state index in [4.69, 9.17) is 5.73 Å². The molecule has 0 aliphatic carbocycles. The maximum absolute atomic E-state index is 12.2. The zero-order valence-electron chi connectivity index (χ0n) is 10.7. The summed E-state index contributed by atoms with van der Waals surface area (Å²) in [6.45, 7) is 2.40. The molecule has 0 radical (unpaired) electrons. The molecule has 0 atom stereocenters. The molecule has 0 aliphatic rings. The van der Waals surface area contributed by atoms with E-state index in [0.717, 1.165) is 0 Å². The first kappa shape index (κ1) is 13.1. The molecule has 3 N–H and O–H groups in total. The fourth-order valence-electron chi connectivity index (χ4n) is 1.90. The zero-order valence-corrected chi connectivity index (χ0v) is 10.7. The number of nitrogens with two attached hydrogens (primary N) is 1. The van der Waals surface area contributed by atoms with E-state index in [2.05, 4.69) is 10.3 Å². The van der Waals surface area contributed by atoms with E-state index < -0.39 is 0 Å². The largest absolute Gasteiger partial charge is 0.369 e. The minimum Gasteiger partial charge on any atom is -0.369 e. The monoisotopic (exact) mass is 260 g/mol. The topological polar surface area (TPSA) is 90.0 Å². The van der Waals surface area contributed by atoms with Crippen molar-refractivity contribution in [2.45, 2.75) is 19.9 Å². The van der Waals surface area contributed by atoms with Gasteiger partial charge in [-0.25, -0.2) is 4.98 Å². The number of para-hydroxylation sites is 1. The van der Waals surface area contributed by atoms with Crippen LogP contribution in [0.3, 0.4) is 0 Å². The second kappa shape index (κ2) is 5.51. The fraction of sp³-hybridized carbons (Fsp3) is 0.308. The van der Waals surface area contributed by atoms with Crippen molar-refractivity contribution < 1.29 is 4.79 Å². The lowest BCUT2D eigenvalue weighted by molar-refractivity contribution is -0.118. The predicted octanol–water partition coefficient (Wildman–Crippen LogP) is 0.505. The third-order valence-electron chi connectivity index (χ3n) is 2.82. The Bertz CT molecular complexity index is 663. The molecule has 100 valence electrons. The number of carbonyl (C=O) groups is 1. The van der Waals surface area contributed by atoms with Gasteiger partial charge in [0.25, 0.3) is 5.56 Å². The molecule has 19 heavy (non-hydrogen) atoms. The number of hydrogen-bond acceptors (Lipinski definition) is 4. The Kier molecular flexibility index (Phi) is 3.79. The number of fused-ring (bicyclic) bond motifs is 1. The Morgan fingerprint density at radius 2 is 2.16 bits per heavy atom. The Hall–Kier alpha value is -2.37. The highest BCUT2D eigenvalue weighted by molar-refractivity contribution is 5.78. The number of benzene rings is 1. The average Bonchev–Trinajstić information content (AvgIpc) is 2.37. The molecule has 0 saturated carbocycles. The molecule has 0 unspecified atom stereocenters. The molecule has 6 nitrogen and oxygen atoms in total. The van der Waals surface area contributed by atoms with Crippen LogP contribution < -0.4 is 16.6 Å². The smallest absolute Gasteiger partial charge is 0.262 e. The first-order valence-electron chi connectivity index (χ1n) is 6.09. The van der Waals surface area contributed by atoms with E-state index in [1.54, 1.807) is 18.2 Å². The van der Waals surface area contributed by atoms with Gasteiger partial charge in [-0.2, -0.15) is 0 Å². The van der Waals surface area contributed by atoms with Crippen LogP contribution >= 0.6 is 0 Å². The molecule has 1 aromatic heterocycles. The van der Waals surface area contributed by atoms with E-state index in [0.29, 0.717) is 30.4 Å². The standard InChI is InChI=1S/C13H16N4O2/c1-9(18)15-7-4-8-17-12(19)10-5-2-3-6-11(10)16-13(17)14/h2-3,5-6H,4,7-8H2,1H3,(H2,14,16)(H,15,18). The molecule has 1 aromatic carbocycles. The molecular weight excluding hydrogens is 244 g/mol. The van der Waals surface area contributed by atoms with E-state index in [9.17, 15) is 9.59 Å². The number of nitrogen functional groups attached to an aromatic ring is 1. The quantitative estimate of drug-likeness (QED) is 0.783. The first-order valence-corrected chi connectivity index (χ1v) is 6.09. The highest BCUT2D eigenvalue weighted by Crippen LogP contribution is 2.08. The van der Waals surface area contributed by atoms with Gasteiger partial charge in [-0.15, -0.1) is 0 Å². The predicted molar refractivity (Wildman–Crippen MR) is 73.7 cm³/mol. The van der Waals surface area contributed by atoms with Crippen LogP contribution in [0, 0.1) is 0 Å². The van der Waals surface area contributed by atoms with Gasteiger partial charge in [0.05, 0.1) is 10.9 Å². The van der Waals surface area contributed by atoms with Crippen LogP contribution in [0.4, 0.5) is 5.95 Å². The highest BCUT2D eigenvalue weighted by Gasteiger charge is 2.07.